The Morgan fingerprint density at radius 2 is 1.14 bits per heavy atom. The maximum absolute atomic E-state index is 4.21. The molecule has 0 heteroatoms. The third-order valence-electron chi connectivity index (χ3n) is 4.89. The molecule has 0 bridgehead atoms. The molecule has 0 spiro atoms. The van der Waals surface area contributed by atoms with Gasteiger partial charge in [-0.3, -0.25) is 0 Å². The second-order valence-electron chi connectivity index (χ2n) is 6.12. The molecule has 0 fully saturated rings. The minimum absolute atomic E-state index is 0.906. The van der Waals surface area contributed by atoms with E-state index in [9.17, 15) is 0 Å². The molecule has 3 aromatic rings. The zero-order valence-corrected chi connectivity index (χ0v) is 12.6. The molecule has 0 aliphatic heterocycles. The molecular formula is C21H18. The van der Waals surface area contributed by atoms with Crippen LogP contribution >= 0.6 is 0 Å². The van der Waals surface area contributed by atoms with Gasteiger partial charge in [0.05, 0.1) is 0 Å². The average molecular weight is 270 g/mol. The van der Waals surface area contributed by atoms with Crippen molar-refractivity contribution in [2.75, 3.05) is 0 Å². The normalized spacial score (nSPS) is 14.2. The van der Waals surface area contributed by atoms with Crippen LogP contribution in [-0.4, -0.2) is 0 Å². The molecule has 102 valence electrons. The molecule has 0 aromatic heterocycles. The lowest BCUT2D eigenvalue weighted by atomic mass is 9.90. The molecule has 0 unspecified atom stereocenters. The van der Waals surface area contributed by atoms with Gasteiger partial charge in [0.2, 0.25) is 0 Å². The van der Waals surface area contributed by atoms with Crippen molar-refractivity contribution in [3.63, 3.8) is 0 Å². The van der Waals surface area contributed by atoms with Crippen molar-refractivity contribution >= 4 is 32.7 Å². The first-order valence-electron chi connectivity index (χ1n) is 7.40. The molecule has 21 heavy (non-hydrogen) atoms. The molecule has 4 rings (SSSR count). The predicted octanol–water partition coefficient (Wildman–Crippen LogP) is 6.04. The van der Waals surface area contributed by atoms with Gasteiger partial charge < -0.3 is 0 Å². The number of hydrogen-bond acceptors (Lipinski definition) is 0. The molecule has 0 nitrogen and oxygen atoms in total. The summed E-state index contributed by atoms with van der Waals surface area (Å²) < 4.78 is 0. The van der Waals surface area contributed by atoms with Crippen LogP contribution in [0, 0.1) is 13.8 Å². The van der Waals surface area contributed by atoms with Crippen LogP contribution < -0.4 is 0 Å². The first-order valence-corrected chi connectivity index (χ1v) is 7.40. The maximum atomic E-state index is 4.21. The highest BCUT2D eigenvalue weighted by molar-refractivity contribution is 6.08. The molecule has 1 aliphatic carbocycles. The summed E-state index contributed by atoms with van der Waals surface area (Å²) in [5.41, 5.74) is 7.68. The summed E-state index contributed by atoms with van der Waals surface area (Å²) in [6, 6.07) is 13.3. The van der Waals surface area contributed by atoms with Crippen molar-refractivity contribution in [1.82, 2.24) is 0 Å². The van der Waals surface area contributed by atoms with Crippen molar-refractivity contribution in [2.24, 2.45) is 0 Å². The zero-order chi connectivity index (χ0) is 14.7. The fraction of sp³-hybridized carbons (Fsp3) is 0.143. The van der Waals surface area contributed by atoms with Crippen LogP contribution in [0.15, 0.2) is 49.6 Å². The van der Waals surface area contributed by atoms with Crippen molar-refractivity contribution < 1.29 is 0 Å². The zero-order valence-electron chi connectivity index (χ0n) is 12.6. The van der Waals surface area contributed by atoms with Gasteiger partial charge in [-0.15, -0.1) is 0 Å². The van der Waals surface area contributed by atoms with Gasteiger partial charge >= 0.3 is 0 Å². The first kappa shape index (κ1) is 12.4. The van der Waals surface area contributed by atoms with E-state index < -0.39 is 0 Å². The quantitative estimate of drug-likeness (QED) is 0.437. The van der Waals surface area contributed by atoms with E-state index in [-0.39, 0.29) is 0 Å². The number of rotatable bonds is 0. The van der Waals surface area contributed by atoms with Crippen LogP contribution in [0.4, 0.5) is 0 Å². The third kappa shape index (κ3) is 1.56. The van der Waals surface area contributed by atoms with Crippen molar-refractivity contribution in [3.05, 3.63) is 71.8 Å². The standard InChI is InChI=1S/C21H18/c1-12-9-13(2)19-11-21-15(4)17-8-6-5-7-16(17)14(3)20(21)10-18(12)19/h5-8,10-11H,1-2,9H2,3-4H3. The van der Waals surface area contributed by atoms with E-state index >= 15 is 0 Å². The Morgan fingerprint density at radius 3 is 1.57 bits per heavy atom. The minimum atomic E-state index is 0.906. The van der Waals surface area contributed by atoms with Gasteiger partial charge in [-0.25, -0.2) is 0 Å². The van der Waals surface area contributed by atoms with Crippen LogP contribution in [-0.2, 0) is 0 Å². The molecule has 0 saturated carbocycles. The highest BCUT2D eigenvalue weighted by atomic mass is 14.2. The molecule has 0 N–H and O–H groups in total. The summed E-state index contributed by atoms with van der Waals surface area (Å²) in [5.74, 6) is 0. The first-order chi connectivity index (χ1) is 10.1. The molecule has 0 amide bonds. The molecular weight excluding hydrogens is 252 g/mol. The maximum Gasteiger partial charge on any atom is -0.00252 e. The molecule has 0 heterocycles. The highest BCUT2D eigenvalue weighted by Crippen LogP contribution is 2.43. The number of allylic oxidation sites excluding steroid dienone is 2. The monoisotopic (exact) mass is 270 g/mol. The molecule has 1 aliphatic rings. The SMILES string of the molecule is C=C1CC(=C)c2cc3c(C)c4ccccc4c(C)c3cc21. The fourth-order valence-corrected chi connectivity index (χ4v) is 3.68. The number of benzene rings is 3. The Labute approximate surface area is 125 Å². The van der Waals surface area contributed by atoms with Crippen molar-refractivity contribution in [3.8, 4) is 0 Å². The summed E-state index contributed by atoms with van der Waals surface area (Å²) in [4.78, 5) is 0. The van der Waals surface area contributed by atoms with Gasteiger partial charge in [-0.1, -0.05) is 37.4 Å². The van der Waals surface area contributed by atoms with E-state index in [0.29, 0.717) is 0 Å². The van der Waals surface area contributed by atoms with Gasteiger partial charge in [0, 0.05) is 0 Å². The Morgan fingerprint density at radius 1 is 0.714 bits per heavy atom. The average Bonchev–Trinajstić information content (AvgIpc) is 2.78. The summed E-state index contributed by atoms with van der Waals surface area (Å²) in [5, 5.41) is 5.40. The van der Waals surface area contributed by atoms with E-state index in [1.165, 1.54) is 54.9 Å². The second-order valence-corrected chi connectivity index (χ2v) is 6.12. The van der Waals surface area contributed by atoms with Crippen molar-refractivity contribution in [1.29, 1.82) is 0 Å². The van der Waals surface area contributed by atoms with Gasteiger partial charge in [0.1, 0.15) is 0 Å². The lowest BCUT2D eigenvalue weighted by Gasteiger charge is -2.14. The molecule has 3 aromatic carbocycles. The Bertz CT molecular complexity index is 877. The van der Waals surface area contributed by atoms with E-state index in [1.807, 2.05) is 0 Å². The topological polar surface area (TPSA) is 0 Å². The predicted molar refractivity (Wildman–Crippen MR) is 93.6 cm³/mol. The molecule has 0 saturated heterocycles. The largest absolute Gasteiger partial charge is 0.0949 e. The summed E-state index contributed by atoms with van der Waals surface area (Å²) in [6.45, 7) is 12.9. The van der Waals surface area contributed by atoms with Gasteiger partial charge in [-0.05, 0) is 87.3 Å². The third-order valence-corrected chi connectivity index (χ3v) is 4.89. The van der Waals surface area contributed by atoms with Crippen LogP contribution in [0.3, 0.4) is 0 Å². The van der Waals surface area contributed by atoms with Crippen molar-refractivity contribution in [2.45, 2.75) is 20.3 Å². The van der Waals surface area contributed by atoms with E-state index in [0.717, 1.165) is 6.42 Å². The van der Waals surface area contributed by atoms with Gasteiger partial charge in [-0.2, -0.15) is 0 Å². The second kappa shape index (κ2) is 4.08. The van der Waals surface area contributed by atoms with Crippen LogP contribution in [0.2, 0.25) is 0 Å². The summed E-state index contributed by atoms with van der Waals surface area (Å²) >= 11 is 0. The van der Waals surface area contributed by atoms with E-state index in [1.54, 1.807) is 0 Å². The molecule has 0 radical (unpaired) electrons. The number of hydrogen-bond donors (Lipinski definition) is 0. The van der Waals surface area contributed by atoms with Crippen LogP contribution in [0.1, 0.15) is 28.7 Å². The number of fused-ring (bicyclic) bond motifs is 3. The van der Waals surface area contributed by atoms with Gasteiger partial charge in [0.15, 0.2) is 0 Å². The lowest BCUT2D eigenvalue weighted by Crippen LogP contribution is -1.91. The Hall–Kier alpha value is -2.34. The van der Waals surface area contributed by atoms with Crippen LogP contribution in [0.5, 0.6) is 0 Å². The Balaban J connectivity index is 2.24. The van der Waals surface area contributed by atoms with Crippen LogP contribution in [0.25, 0.3) is 32.7 Å². The van der Waals surface area contributed by atoms with E-state index in [2.05, 4.69) is 63.4 Å². The number of aryl methyl sites for hydroxylation is 2. The van der Waals surface area contributed by atoms with Gasteiger partial charge in [0.25, 0.3) is 0 Å². The summed E-state index contributed by atoms with van der Waals surface area (Å²) in [7, 11) is 0. The smallest absolute Gasteiger partial charge is 0.00252 e. The summed E-state index contributed by atoms with van der Waals surface area (Å²) in [6.07, 6.45) is 0.906. The Kier molecular flexibility index (Phi) is 2.41. The fourth-order valence-electron chi connectivity index (χ4n) is 3.68. The van der Waals surface area contributed by atoms with E-state index in [4.69, 9.17) is 0 Å². The molecule has 0 atom stereocenters. The highest BCUT2D eigenvalue weighted by Gasteiger charge is 2.20. The lowest BCUT2D eigenvalue weighted by molar-refractivity contribution is 1.51. The minimum Gasteiger partial charge on any atom is -0.0949 e.